The Balaban J connectivity index is 4.43. The second-order valence-electron chi connectivity index (χ2n) is 2.90. The van der Waals surface area contributed by atoms with Gasteiger partial charge in [0.15, 0.2) is 0 Å². The summed E-state index contributed by atoms with van der Waals surface area (Å²) in [6.45, 7) is 3.31. The molecule has 0 rings (SSSR count). The average Bonchev–Trinajstić information content (AvgIpc) is 2.30. The van der Waals surface area contributed by atoms with Gasteiger partial charge in [-0.15, -0.1) is 0 Å². The van der Waals surface area contributed by atoms with Crippen LogP contribution in [0.1, 0.15) is 26.7 Å². The van der Waals surface area contributed by atoms with Crippen molar-refractivity contribution in [1.82, 2.24) is 0 Å². The van der Waals surface area contributed by atoms with Gasteiger partial charge in [0.2, 0.25) is 0 Å². The number of ether oxygens (including phenoxy) is 2. The Bertz CT molecular complexity index is 259. The first-order chi connectivity index (χ1) is 7.54. The van der Waals surface area contributed by atoms with E-state index in [0.717, 1.165) is 0 Å². The first kappa shape index (κ1) is 14.5. The highest BCUT2D eigenvalue weighted by molar-refractivity contribution is 5.97. The van der Waals surface area contributed by atoms with Crippen molar-refractivity contribution in [2.24, 2.45) is 0 Å². The quantitative estimate of drug-likeness (QED) is 0.523. The molecular weight excluding hydrogens is 222 g/mol. The predicted molar refractivity (Wildman–Crippen MR) is 51.7 cm³/mol. The maximum absolute atomic E-state index is 12.9. The monoisotopic (exact) mass is 236 g/mol. The van der Waals surface area contributed by atoms with Crippen molar-refractivity contribution < 1.29 is 27.8 Å². The van der Waals surface area contributed by atoms with E-state index in [4.69, 9.17) is 0 Å². The van der Waals surface area contributed by atoms with E-state index in [0.29, 0.717) is 12.8 Å². The molecule has 0 atom stereocenters. The standard InChI is InChI=1S/C10H14F2O4/c1-3-5-15-9(13)7(11)8(12)10(14)16-6-4-2/h3-6H2,1-2H3/b8-7-. The van der Waals surface area contributed by atoms with Crippen molar-refractivity contribution in [1.29, 1.82) is 0 Å². The Morgan fingerprint density at radius 3 is 1.44 bits per heavy atom. The largest absolute Gasteiger partial charge is 0.460 e. The van der Waals surface area contributed by atoms with Crippen LogP contribution in [0.15, 0.2) is 11.7 Å². The van der Waals surface area contributed by atoms with E-state index in [-0.39, 0.29) is 13.2 Å². The number of halogens is 2. The van der Waals surface area contributed by atoms with Gasteiger partial charge in [0.25, 0.3) is 11.7 Å². The van der Waals surface area contributed by atoms with E-state index in [1.807, 2.05) is 0 Å². The molecule has 0 aliphatic carbocycles. The van der Waals surface area contributed by atoms with Gasteiger partial charge >= 0.3 is 11.9 Å². The second kappa shape index (κ2) is 7.78. The number of hydrogen-bond donors (Lipinski definition) is 0. The Morgan fingerprint density at radius 2 is 1.19 bits per heavy atom. The van der Waals surface area contributed by atoms with Crippen LogP contribution in [0.3, 0.4) is 0 Å². The smallest absolute Gasteiger partial charge is 0.370 e. The lowest BCUT2D eigenvalue weighted by Crippen LogP contribution is -2.13. The summed E-state index contributed by atoms with van der Waals surface area (Å²) in [7, 11) is 0. The van der Waals surface area contributed by atoms with Crippen LogP contribution in [0.25, 0.3) is 0 Å². The molecule has 92 valence electrons. The van der Waals surface area contributed by atoms with Crippen molar-refractivity contribution >= 4 is 11.9 Å². The number of esters is 2. The molecule has 0 unspecified atom stereocenters. The van der Waals surface area contributed by atoms with Gasteiger partial charge in [-0.3, -0.25) is 0 Å². The molecule has 0 aromatic rings. The lowest BCUT2D eigenvalue weighted by atomic mass is 10.4. The topological polar surface area (TPSA) is 52.6 Å². The molecule has 0 saturated heterocycles. The molecule has 0 bridgehead atoms. The fraction of sp³-hybridized carbons (Fsp3) is 0.600. The summed E-state index contributed by atoms with van der Waals surface area (Å²) in [5, 5.41) is 0. The van der Waals surface area contributed by atoms with Gasteiger partial charge in [0.1, 0.15) is 0 Å². The lowest BCUT2D eigenvalue weighted by Gasteiger charge is -2.03. The van der Waals surface area contributed by atoms with Crippen LogP contribution in [0.2, 0.25) is 0 Å². The van der Waals surface area contributed by atoms with Crippen molar-refractivity contribution in [3.8, 4) is 0 Å². The molecule has 0 fully saturated rings. The van der Waals surface area contributed by atoms with Crippen molar-refractivity contribution in [2.75, 3.05) is 13.2 Å². The normalized spacial score (nSPS) is 11.8. The predicted octanol–water partition coefficient (Wildman–Crippen LogP) is 2.04. The van der Waals surface area contributed by atoms with Gasteiger partial charge in [0.05, 0.1) is 13.2 Å². The zero-order chi connectivity index (χ0) is 12.6. The fourth-order valence-corrected chi connectivity index (χ4v) is 0.695. The minimum atomic E-state index is -1.85. The average molecular weight is 236 g/mol. The Morgan fingerprint density at radius 1 is 0.875 bits per heavy atom. The van der Waals surface area contributed by atoms with Gasteiger partial charge in [0, 0.05) is 0 Å². The third kappa shape index (κ3) is 4.86. The Labute approximate surface area is 92.2 Å². The maximum atomic E-state index is 12.9. The number of carbonyl (C=O) groups excluding carboxylic acids is 2. The number of carbonyl (C=O) groups is 2. The molecule has 0 aromatic carbocycles. The van der Waals surface area contributed by atoms with Gasteiger partial charge < -0.3 is 9.47 Å². The van der Waals surface area contributed by atoms with Crippen LogP contribution < -0.4 is 0 Å². The lowest BCUT2D eigenvalue weighted by molar-refractivity contribution is -0.145. The van der Waals surface area contributed by atoms with Crippen molar-refractivity contribution in [3.63, 3.8) is 0 Å². The summed E-state index contributed by atoms with van der Waals surface area (Å²) < 4.78 is 34.5. The molecule has 0 aromatic heterocycles. The van der Waals surface area contributed by atoms with Crippen LogP contribution >= 0.6 is 0 Å². The molecule has 0 amide bonds. The second-order valence-corrected chi connectivity index (χ2v) is 2.90. The third-order valence-electron chi connectivity index (χ3n) is 1.43. The van der Waals surface area contributed by atoms with Gasteiger partial charge in [-0.05, 0) is 12.8 Å². The molecular formula is C10H14F2O4. The molecule has 0 saturated carbocycles. The van der Waals surface area contributed by atoms with E-state index < -0.39 is 23.6 Å². The van der Waals surface area contributed by atoms with Crippen LogP contribution in [-0.4, -0.2) is 25.2 Å². The molecule has 0 aliphatic heterocycles. The van der Waals surface area contributed by atoms with Crippen LogP contribution in [-0.2, 0) is 19.1 Å². The van der Waals surface area contributed by atoms with E-state index in [9.17, 15) is 18.4 Å². The molecule has 6 heteroatoms. The number of rotatable bonds is 6. The summed E-state index contributed by atoms with van der Waals surface area (Å²) in [6.07, 6.45) is 0.946. The fourth-order valence-electron chi connectivity index (χ4n) is 0.695. The molecule has 0 aliphatic rings. The van der Waals surface area contributed by atoms with Crippen molar-refractivity contribution in [3.05, 3.63) is 11.7 Å². The first-order valence-electron chi connectivity index (χ1n) is 4.94. The van der Waals surface area contributed by atoms with E-state index in [2.05, 4.69) is 9.47 Å². The summed E-state index contributed by atoms with van der Waals surface area (Å²) in [6, 6.07) is 0. The van der Waals surface area contributed by atoms with Crippen molar-refractivity contribution in [2.45, 2.75) is 26.7 Å². The Kier molecular flexibility index (Phi) is 7.07. The molecule has 0 spiro atoms. The minimum Gasteiger partial charge on any atom is -0.460 e. The zero-order valence-corrected chi connectivity index (χ0v) is 9.22. The zero-order valence-electron chi connectivity index (χ0n) is 9.22. The summed E-state index contributed by atoms with van der Waals surface area (Å²) in [5.41, 5.74) is 0. The highest BCUT2D eigenvalue weighted by Gasteiger charge is 2.23. The number of hydrogen-bond acceptors (Lipinski definition) is 4. The summed E-state index contributed by atoms with van der Waals surface area (Å²) in [4.78, 5) is 21.6. The highest BCUT2D eigenvalue weighted by atomic mass is 19.2. The minimum absolute atomic E-state index is 0.0382. The van der Waals surface area contributed by atoms with Crippen LogP contribution in [0.4, 0.5) is 8.78 Å². The molecule has 0 heterocycles. The maximum Gasteiger partial charge on any atom is 0.370 e. The van der Waals surface area contributed by atoms with E-state index in [1.54, 1.807) is 13.8 Å². The van der Waals surface area contributed by atoms with Gasteiger partial charge in [-0.1, -0.05) is 13.8 Å². The van der Waals surface area contributed by atoms with Crippen LogP contribution in [0, 0.1) is 0 Å². The summed E-state index contributed by atoms with van der Waals surface area (Å²) >= 11 is 0. The molecule has 16 heavy (non-hydrogen) atoms. The van der Waals surface area contributed by atoms with E-state index in [1.165, 1.54) is 0 Å². The molecule has 0 N–H and O–H groups in total. The first-order valence-corrected chi connectivity index (χ1v) is 4.94. The third-order valence-corrected chi connectivity index (χ3v) is 1.43. The highest BCUT2D eigenvalue weighted by Crippen LogP contribution is 2.12. The van der Waals surface area contributed by atoms with Gasteiger partial charge in [-0.2, -0.15) is 8.78 Å². The van der Waals surface area contributed by atoms with E-state index >= 15 is 0 Å². The Hall–Kier alpha value is -1.46. The van der Waals surface area contributed by atoms with Crippen LogP contribution in [0.5, 0.6) is 0 Å². The van der Waals surface area contributed by atoms with Gasteiger partial charge in [-0.25, -0.2) is 9.59 Å². The molecule has 4 nitrogen and oxygen atoms in total. The molecule has 0 radical (unpaired) electrons. The summed E-state index contributed by atoms with van der Waals surface area (Å²) in [5.74, 6) is -6.69. The SMILES string of the molecule is CCCOC(=O)/C(F)=C(/F)C(=O)OCCC.